The summed E-state index contributed by atoms with van der Waals surface area (Å²) in [6.07, 6.45) is 0.727. The van der Waals surface area contributed by atoms with E-state index in [2.05, 4.69) is 11.9 Å². The van der Waals surface area contributed by atoms with Crippen LogP contribution in [0.2, 0.25) is 0 Å². The van der Waals surface area contributed by atoms with Crippen LogP contribution in [0.1, 0.15) is 40.7 Å². The lowest BCUT2D eigenvalue weighted by Crippen LogP contribution is -2.26. The van der Waals surface area contributed by atoms with Gasteiger partial charge >= 0.3 is 0 Å². The molecule has 0 amide bonds. The first-order chi connectivity index (χ1) is 7.52. The summed E-state index contributed by atoms with van der Waals surface area (Å²) < 4.78 is 5.52. The Labute approximate surface area is 96.2 Å². The monoisotopic (exact) mass is 221 g/mol. The second kappa shape index (κ2) is 4.06. The Balaban J connectivity index is 2.30. The molecule has 0 spiro atoms. The maximum absolute atomic E-state index is 12.3. The number of rotatable bonds is 2. The van der Waals surface area contributed by atoms with Crippen LogP contribution in [0.15, 0.2) is 0 Å². The van der Waals surface area contributed by atoms with Crippen LogP contribution in [0.4, 0.5) is 0 Å². The van der Waals surface area contributed by atoms with Gasteiger partial charge in [-0.05, 0) is 44.2 Å². The first-order valence-corrected chi connectivity index (χ1v) is 5.84. The largest absolute Gasteiger partial charge is 0.370 e. The maximum Gasteiger partial charge on any atom is 0.208 e. The molecule has 2 unspecified atom stereocenters. The van der Waals surface area contributed by atoms with E-state index in [-0.39, 0.29) is 11.9 Å². The highest BCUT2D eigenvalue weighted by molar-refractivity contribution is 6.00. The van der Waals surface area contributed by atoms with Gasteiger partial charge in [0.15, 0.2) is 0 Å². The van der Waals surface area contributed by atoms with Crippen LogP contribution in [0.25, 0.3) is 0 Å². The van der Waals surface area contributed by atoms with Crippen molar-refractivity contribution >= 4 is 5.78 Å². The zero-order valence-corrected chi connectivity index (χ0v) is 10.4. The average Bonchev–Trinajstić information content (AvgIpc) is 2.77. The highest BCUT2D eigenvalue weighted by Gasteiger charge is 2.33. The molecule has 3 heteroatoms. The Morgan fingerprint density at radius 2 is 2.00 bits per heavy atom. The van der Waals surface area contributed by atoms with Gasteiger partial charge < -0.3 is 9.72 Å². The number of ether oxygens (including phenoxy) is 1. The molecule has 0 aliphatic carbocycles. The van der Waals surface area contributed by atoms with Crippen molar-refractivity contribution < 1.29 is 9.53 Å². The molecule has 3 nitrogen and oxygen atoms in total. The zero-order chi connectivity index (χ0) is 11.9. The molecule has 1 saturated heterocycles. The molecule has 2 atom stereocenters. The van der Waals surface area contributed by atoms with Crippen LogP contribution in [-0.4, -0.2) is 23.5 Å². The minimum Gasteiger partial charge on any atom is -0.370 e. The molecule has 0 aromatic carbocycles. The second-order valence-corrected chi connectivity index (χ2v) is 4.80. The molecule has 1 aromatic heterocycles. The first-order valence-electron chi connectivity index (χ1n) is 5.84. The predicted octanol–water partition coefficient (Wildman–Crippen LogP) is 2.55. The summed E-state index contributed by atoms with van der Waals surface area (Å²) in [6, 6.07) is 0. The fourth-order valence-corrected chi connectivity index (χ4v) is 2.26. The van der Waals surface area contributed by atoms with Crippen LogP contribution in [0.5, 0.6) is 0 Å². The number of carbonyl (C=O) groups is 1. The SMILES string of the molecule is Cc1[nH]c(C(=O)C2OCCC2C)c(C)c1C. The molecule has 1 aliphatic heterocycles. The number of aryl methyl sites for hydroxylation is 1. The summed E-state index contributed by atoms with van der Waals surface area (Å²) >= 11 is 0. The van der Waals surface area contributed by atoms with Gasteiger partial charge in [0.1, 0.15) is 6.10 Å². The van der Waals surface area contributed by atoms with Crippen molar-refractivity contribution in [3.8, 4) is 0 Å². The Hall–Kier alpha value is -1.09. The maximum atomic E-state index is 12.3. The van der Waals surface area contributed by atoms with Gasteiger partial charge in [0, 0.05) is 12.3 Å². The molecular weight excluding hydrogens is 202 g/mol. The van der Waals surface area contributed by atoms with Crippen LogP contribution in [0, 0.1) is 26.7 Å². The number of H-pyrrole nitrogens is 1. The van der Waals surface area contributed by atoms with Gasteiger partial charge in [-0.15, -0.1) is 0 Å². The Morgan fingerprint density at radius 3 is 2.44 bits per heavy atom. The lowest BCUT2D eigenvalue weighted by molar-refractivity contribution is 0.0574. The third-order valence-electron chi connectivity index (χ3n) is 3.70. The van der Waals surface area contributed by atoms with Gasteiger partial charge in [0.25, 0.3) is 0 Å². The van der Waals surface area contributed by atoms with Crippen LogP contribution < -0.4 is 0 Å². The fourth-order valence-electron chi connectivity index (χ4n) is 2.26. The minimum absolute atomic E-state index is 0.110. The number of hydrogen-bond donors (Lipinski definition) is 1. The van der Waals surface area contributed by atoms with Crippen molar-refractivity contribution in [3.63, 3.8) is 0 Å². The number of carbonyl (C=O) groups excluding carboxylic acids is 1. The van der Waals surface area contributed by atoms with Crippen molar-refractivity contribution in [1.29, 1.82) is 0 Å². The van der Waals surface area contributed by atoms with E-state index in [0.717, 1.165) is 23.4 Å². The lowest BCUT2D eigenvalue weighted by Gasteiger charge is -2.12. The number of aromatic amines is 1. The second-order valence-electron chi connectivity index (χ2n) is 4.80. The van der Waals surface area contributed by atoms with Crippen molar-refractivity contribution in [2.75, 3.05) is 6.61 Å². The molecule has 1 N–H and O–H groups in total. The quantitative estimate of drug-likeness (QED) is 0.780. The van der Waals surface area contributed by atoms with E-state index in [9.17, 15) is 4.79 Å². The third-order valence-corrected chi connectivity index (χ3v) is 3.70. The van der Waals surface area contributed by atoms with E-state index in [4.69, 9.17) is 4.74 Å². The van der Waals surface area contributed by atoms with E-state index in [1.54, 1.807) is 0 Å². The number of ketones is 1. The van der Waals surface area contributed by atoms with Crippen LogP contribution >= 0.6 is 0 Å². The van der Waals surface area contributed by atoms with Crippen molar-refractivity contribution in [2.45, 2.75) is 40.2 Å². The molecule has 88 valence electrons. The first kappa shape index (κ1) is 11.4. The molecular formula is C13H19NO2. The molecule has 1 fully saturated rings. The smallest absolute Gasteiger partial charge is 0.208 e. The molecule has 2 rings (SSSR count). The summed E-state index contributed by atoms with van der Waals surface area (Å²) in [5.41, 5.74) is 4.04. The van der Waals surface area contributed by atoms with Gasteiger partial charge in [0.2, 0.25) is 5.78 Å². The van der Waals surface area contributed by atoms with Crippen LogP contribution in [-0.2, 0) is 4.74 Å². The summed E-state index contributed by atoms with van der Waals surface area (Å²) in [4.78, 5) is 15.5. The average molecular weight is 221 g/mol. The zero-order valence-electron chi connectivity index (χ0n) is 10.4. The molecule has 2 heterocycles. The molecule has 1 aliphatic rings. The van der Waals surface area contributed by atoms with E-state index < -0.39 is 0 Å². The number of hydrogen-bond acceptors (Lipinski definition) is 2. The van der Waals surface area contributed by atoms with Gasteiger partial charge in [-0.2, -0.15) is 0 Å². The highest BCUT2D eigenvalue weighted by Crippen LogP contribution is 2.26. The Kier molecular flexibility index (Phi) is 2.89. The summed E-state index contributed by atoms with van der Waals surface area (Å²) in [5, 5.41) is 0. The number of aromatic nitrogens is 1. The molecule has 0 radical (unpaired) electrons. The van der Waals surface area contributed by atoms with E-state index >= 15 is 0 Å². The van der Waals surface area contributed by atoms with Crippen LogP contribution in [0.3, 0.4) is 0 Å². The molecule has 0 saturated carbocycles. The topological polar surface area (TPSA) is 42.1 Å². The predicted molar refractivity (Wildman–Crippen MR) is 62.9 cm³/mol. The molecule has 1 aromatic rings. The molecule has 16 heavy (non-hydrogen) atoms. The number of nitrogens with one attached hydrogen (secondary N) is 1. The summed E-state index contributed by atoms with van der Waals surface area (Å²) in [7, 11) is 0. The van der Waals surface area contributed by atoms with Gasteiger partial charge in [-0.25, -0.2) is 0 Å². The highest BCUT2D eigenvalue weighted by atomic mass is 16.5. The summed E-state index contributed by atoms with van der Waals surface area (Å²) in [5.74, 6) is 0.439. The number of Topliss-reactive ketones (excluding diaryl/α,β-unsaturated/α-hetero) is 1. The fraction of sp³-hybridized carbons (Fsp3) is 0.615. The van der Waals surface area contributed by atoms with Gasteiger partial charge in [0.05, 0.1) is 5.69 Å². The van der Waals surface area contributed by atoms with Gasteiger partial charge in [-0.1, -0.05) is 6.92 Å². The standard InChI is InChI=1S/C13H19NO2/c1-7-5-6-16-13(7)12(15)11-9(3)8(2)10(4)14-11/h7,13-14H,5-6H2,1-4H3. The third kappa shape index (κ3) is 1.69. The normalized spacial score (nSPS) is 25.0. The van der Waals surface area contributed by atoms with E-state index in [0.29, 0.717) is 12.5 Å². The Morgan fingerprint density at radius 1 is 1.31 bits per heavy atom. The van der Waals surface area contributed by atoms with E-state index in [1.165, 1.54) is 5.56 Å². The van der Waals surface area contributed by atoms with Crippen molar-refractivity contribution in [3.05, 3.63) is 22.5 Å². The van der Waals surface area contributed by atoms with E-state index in [1.807, 2.05) is 20.8 Å². The summed E-state index contributed by atoms with van der Waals surface area (Å²) in [6.45, 7) is 8.81. The van der Waals surface area contributed by atoms with Crippen molar-refractivity contribution in [1.82, 2.24) is 4.98 Å². The van der Waals surface area contributed by atoms with Gasteiger partial charge in [-0.3, -0.25) is 4.79 Å². The lowest BCUT2D eigenvalue weighted by atomic mass is 9.97. The minimum atomic E-state index is -0.254. The van der Waals surface area contributed by atoms with Crippen molar-refractivity contribution in [2.24, 2.45) is 5.92 Å². The molecule has 0 bridgehead atoms. The Bertz CT molecular complexity index is 420.